The number of nitrogens with one attached hydrogen (secondary N) is 2. The summed E-state index contributed by atoms with van der Waals surface area (Å²) in [4.78, 5) is 12.4. The van der Waals surface area contributed by atoms with Crippen molar-refractivity contribution in [3.05, 3.63) is 64.7 Å². The lowest BCUT2D eigenvalue weighted by Gasteiger charge is -2.27. The Morgan fingerprint density at radius 1 is 1.23 bits per heavy atom. The molecule has 0 unspecified atom stereocenters. The topological polar surface area (TPSA) is 97.5 Å². The number of hydrogen-bond acceptors (Lipinski definition) is 4. The van der Waals surface area contributed by atoms with Crippen LogP contribution in [-0.4, -0.2) is 17.0 Å². The Morgan fingerprint density at radius 2 is 1.96 bits per heavy atom. The minimum atomic E-state index is -0.654. The molecule has 6 heteroatoms. The van der Waals surface area contributed by atoms with Gasteiger partial charge in [0, 0.05) is 5.69 Å². The third-order valence-electron chi connectivity index (χ3n) is 4.19. The molecule has 0 heterocycles. The molecule has 6 nitrogen and oxygen atoms in total. The summed E-state index contributed by atoms with van der Waals surface area (Å²) in [5.74, 6) is 0. The van der Waals surface area contributed by atoms with Crippen LogP contribution in [0.15, 0.2) is 47.6 Å². The highest BCUT2D eigenvalue weighted by molar-refractivity contribution is 5.98. The second-order valence-electron chi connectivity index (χ2n) is 6.61. The van der Waals surface area contributed by atoms with E-state index in [0.29, 0.717) is 17.0 Å². The molecule has 0 aliphatic rings. The number of carbonyl (C=O) groups excluding carboxylic acids is 1. The van der Waals surface area contributed by atoms with Gasteiger partial charge in [0.05, 0.1) is 22.9 Å². The molecule has 0 atom stereocenters. The van der Waals surface area contributed by atoms with Gasteiger partial charge < -0.3 is 15.8 Å². The van der Waals surface area contributed by atoms with Crippen molar-refractivity contribution in [1.29, 1.82) is 5.26 Å². The van der Waals surface area contributed by atoms with Gasteiger partial charge in [-0.1, -0.05) is 29.4 Å². The number of hydrogen-bond donors (Lipinski definition) is 3. The second-order valence-corrected chi connectivity index (χ2v) is 6.61. The van der Waals surface area contributed by atoms with Crippen LogP contribution in [0.3, 0.4) is 0 Å². The molecule has 0 bridgehead atoms. The van der Waals surface area contributed by atoms with Crippen LogP contribution < -0.4 is 10.6 Å². The highest BCUT2D eigenvalue weighted by atomic mass is 16.4. The SMILES string of the molecule is C/C(=N\O)c1cccc(C(C)(C)NC(=O)Nc2ccc(C)c(C#N)c2)c1. The standard InChI is InChI=1S/C20H22N4O2/c1-13-8-9-18(11-16(13)12-21)22-19(25)23-20(3,4)17-7-5-6-15(10-17)14(2)24-26/h5-11,26H,1-4H3,(H2,22,23,25)/b24-14+. The number of amides is 2. The van der Waals surface area contributed by atoms with Crippen LogP contribution >= 0.6 is 0 Å². The molecule has 2 aromatic carbocycles. The van der Waals surface area contributed by atoms with Crippen LogP contribution in [0, 0.1) is 18.3 Å². The molecular formula is C20H22N4O2. The Hall–Kier alpha value is -3.33. The minimum absolute atomic E-state index is 0.374. The molecule has 0 saturated carbocycles. The van der Waals surface area contributed by atoms with E-state index in [0.717, 1.165) is 16.7 Å². The molecule has 0 radical (unpaired) electrons. The van der Waals surface area contributed by atoms with E-state index in [9.17, 15) is 4.79 Å². The lowest BCUT2D eigenvalue weighted by molar-refractivity contribution is 0.242. The summed E-state index contributed by atoms with van der Waals surface area (Å²) in [6, 6.07) is 14.4. The maximum Gasteiger partial charge on any atom is 0.319 e. The first kappa shape index (κ1) is 19.0. The van der Waals surface area contributed by atoms with Gasteiger partial charge in [0.15, 0.2) is 0 Å². The first-order valence-electron chi connectivity index (χ1n) is 8.16. The average Bonchev–Trinajstić information content (AvgIpc) is 2.62. The molecule has 26 heavy (non-hydrogen) atoms. The van der Waals surface area contributed by atoms with E-state index in [1.807, 2.05) is 45.0 Å². The van der Waals surface area contributed by atoms with Crippen molar-refractivity contribution in [3.63, 3.8) is 0 Å². The largest absolute Gasteiger partial charge is 0.411 e. The summed E-state index contributed by atoms with van der Waals surface area (Å²) in [5, 5.41) is 26.9. The molecule has 0 spiro atoms. The highest BCUT2D eigenvalue weighted by Crippen LogP contribution is 2.22. The molecular weight excluding hydrogens is 328 g/mol. The van der Waals surface area contributed by atoms with Gasteiger partial charge >= 0.3 is 6.03 Å². The molecule has 0 aliphatic carbocycles. The second kappa shape index (κ2) is 7.70. The third kappa shape index (κ3) is 4.39. The normalized spacial score (nSPS) is 11.6. The summed E-state index contributed by atoms with van der Waals surface area (Å²) >= 11 is 0. The number of anilines is 1. The van der Waals surface area contributed by atoms with Gasteiger partial charge in [-0.2, -0.15) is 5.26 Å². The summed E-state index contributed by atoms with van der Waals surface area (Å²) in [6.07, 6.45) is 0. The van der Waals surface area contributed by atoms with Crippen molar-refractivity contribution < 1.29 is 10.0 Å². The summed E-state index contributed by atoms with van der Waals surface area (Å²) in [5.41, 5.74) is 3.42. The Kier molecular flexibility index (Phi) is 5.63. The summed E-state index contributed by atoms with van der Waals surface area (Å²) < 4.78 is 0. The fourth-order valence-corrected chi connectivity index (χ4v) is 2.53. The van der Waals surface area contributed by atoms with Crippen LogP contribution in [0.1, 0.15) is 43.0 Å². The Bertz CT molecular complexity index is 895. The van der Waals surface area contributed by atoms with Gasteiger partial charge in [-0.15, -0.1) is 0 Å². The van der Waals surface area contributed by atoms with Gasteiger partial charge in [-0.3, -0.25) is 0 Å². The van der Waals surface area contributed by atoms with Gasteiger partial charge in [0.25, 0.3) is 0 Å². The van der Waals surface area contributed by atoms with Crippen LogP contribution in [0.2, 0.25) is 0 Å². The van der Waals surface area contributed by atoms with Gasteiger partial charge in [-0.25, -0.2) is 4.79 Å². The van der Waals surface area contributed by atoms with Crippen LogP contribution in [0.5, 0.6) is 0 Å². The Labute approximate surface area is 153 Å². The van der Waals surface area contributed by atoms with Crippen LogP contribution in [0.4, 0.5) is 10.5 Å². The first-order chi connectivity index (χ1) is 12.3. The number of rotatable bonds is 4. The van der Waals surface area contributed by atoms with Crippen molar-refractivity contribution >= 4 is 17.4 Å². The number of nitrogens with zero attached hydrogens (tertiary/aromatic N) is 2. The molecule has 2 amide bonds. The Balaban J connectivity index is 2.16. The van der Waals surface area contributed by atoms with Crippen LogP contribution in [0.25, 0.3) is 0 Å². The van der Waals surface area contributed by atoms with Gasteiger partial charge in [-0.05, 0) is 62.6 Å². The van der Waals surface area contributed by atoms with Crippen molar-refractivity contribution in [2.75, 3.05) is 5.32 Å². The number of benzene rings is 2. The van der Waals surface area contributed by atoms with E-state index in [-0.39, 0.29) is 6.03 Å². The monoisotopic (exact) mass is 350 g/mol. The quantitative estimate of drug-likeness (QED) is 0.439. The number of urea groups is 1. The van der Waals surface area contributed by atoms with E-state index in [1.165, 1.54) is 0 Å². The predicted molar refractivity (Wildman–Crippen MR) is 102 cm³/mol. The number of aryl methyl sites for hydroxylation is 1. The van der Waals surface area contributed by atoms with Crippen molar-refractivity contribution in [2.45, 2.75) is 33.2 Å². The van der Waals surface area contributed by atoms with Crippen molar-refractivity contribution in [2.24, 2.45) is 5.16 Å². The smallest absolute Gasteiger partial charge is 0.319 e. The van der Waals surface area contributed by atoms with E-state index in [2.05, 4.69) is 21.9 Å². The van der Waals surface area contributed by atoms with Crippen molar-refractivity contribution in [3.8, 4) is 6.07 Å². The molecule has 2 rings (SSSR count). The molecule has 0 aromatic heterocycles. The van der Waals surface area contributed by atoms with E-state index in [4.69, 9.17) is 10.5 Å². The van der Waals surface area contributed by atoms with Gasteiger partial charge in [0.2, 0.25) is 0 Å². The lowest BCUT2D eigenvalue weighted by Crippen LogP contribution is -2.43. The molecule has 0 aliphatic heterocycles. The average molecular weight is 350 g/mol. The van der Waals surface area contributed by atoms with Gasteiger partial charge in [0.1, 0.15) is 0 Å². The number of carbonyl (C=O) groups is 1. The zero-order valence-corrected chi connectivity index (χ0v) is 15.3. The van der Waals surface area contributed by atoms with E-state index < -0.39 is 5.54 Å². The van der Waals surface area contributed by atoms with E-state index >= 15 is 0 Å². The molecule has 0 fully saturated rings. The summed E-state index contributed by atoms with van der Waals surface area (Å²) in [6.45, 7) is 7.31. The number of nitriles is 1. The minimum Gasteiger partial charge on any atom is -0.411 e. The summed E-state index contributed by atoms with van der Waals surface area (Å²) in [7, 11) is 0. The zero-order chi connectivity index (χ0) is 19.3. The lowest BCUT2D eigenvalue weighted by atomic mass is 9.92. The fraction of sp³-hybridized carbons (Fsp3) is 0.250. The van der Waals surface area contributed by atoms with Crippen LogP contribution in [-0.2, 0) is 5.54 Å². The molecule has 3 N–H and O–H groups in total. The molecule has 134 valence electrons. The molecule has 2 aromatic rings. The first-order valence-corrected chi connectivity index (χ1v) is 8.16. The zero-order valence-electron chi connectivity index (χ0n) is 15.3. The highest BCUT2D eigenvalue weighted by Gasteiger charge is 2.23. The fourth-order valence-electron chi connectivity index (χ4n) is 2.53. The number of oxime groups is 1. The maximum atomic E-state index is 12.4. The van der Waals surface area contributed by atoms with Crippen molar-refractivity contribution in [1.82, 2.24) is 5.32 Å². The van der Waals surface area contributed by atoms with E-state index in [1.54, 1.807) is 25.1 Å². The predicted octanol–water partition coefficient (Wildman–Crippen LogP) is 4.12. The Morgan fingerprint density at radius 3 is 2.62 bits per heavy atom. The molecule has 0 saturated heterocycles. The third-order valence-corrected chi connectivity index (χ3v) is 4.19. The maximum absolute atomic E-state index is 12.4.